The number of hydrogen-bond acceptors (Lipinski definition) is 4. The summed E-state index contributed by atoms with van der Waals surface area (Å²) in [6.07, 6.45) is 0. The van der Waals surface area contributed by atoms with E-state index in [1.165, 1.54) is 12.1 Å². The summed E-state index contributed by atoms with van der Waals surface area (Å²) in [4.78, 5) is 27.2. The lowest BCUT2D eigenvalue weighted by Gasteiger charge is -2.07. The number of carbonyl (C=O) groups excluding carboxylic acids is 2. The van der Waals surface area contributed by atoms with Gasteiger partial charge in [0.25, 0.3) is 5.91 Å². The van der Waals surface area contributed by atoms with Crippen molar-refractivity contribution in [3.63, 3.8) is 0 Å². The Labute approximate surface area is 123 Å². The Kier molecular flexibility index (Phi) is 4.49. The zero-order valence-corrected chi connectivity index (χ0v) is 11.7. The molecule has 1 heterocycles. The average Bonchev–Trinajstić information content (AvgIpc) is 2.81. The number of anilines is 1. The van der Waals surface area contributed by atoms with E-state index in [0.717, 1.165) is 6.07 Å². The third-order valence-corrected chi connectivity index (χ3v) is 2.76. The number of halogens is 2. The molecule has 1 aromatic carbocycles. The van der Waals surface area contributed by atoms with Gasteiger partial charge in [-0.15, -0.1) is 5.10 Å². The topological polar surface area (TPSA) is 99.8 Å². The van der Waals surface area contributed by atoms with Gasteiger partial charge in [-0.05, 0) is 19.1 Å². The van der Waals surface area contributed by atoms with Gasteiger partial charge in [0.2, 0.25) is 11.9 Å². The number of aryl methyl sites for hydroxylation is 1. The van der Waals surface area contributed by atoms with Crippen LogP contribution < -0.4 is 10.6 Å². The monoisotopic (exact) mass is 311 g/mol. The Bertz CT molecular complexity index is 668. The predicted octanol–water partition coefficient (Wildman–Crippen LogP) is 1.27. The molecule has 7 nitrogen and oxygen atoms in total. The van der Waals surface area contributed by atoms with E-state index >= 15 is 0 Å². The fourth-order valence-corrected chi connectivity index (χ4v) is 1.78. The van der Waals surface area contributed by atoms with Crippen molar-refractivity contribution in [1.82, 2.24) is 20.5 Å². The lowest BCUT2D eigenvalue weighted by Crippen LogP contribution is -2.33. The Morgan fingerprint density at radius 1 is 1.43 bits per heavy atom. The molecule has 0 bridgehead atoms. The second-order valence-electron chi connectivity index (χ2n) is 4.07. The first kappa shape index (κ1) is 14.9. The van der Waals surface area contributed by atoms with Crippen molar-refractivity contribution in [3.05, 3.63) is 40.4 Å². The number of H-pyrrole nitrogens is 1. The molecule has 0 unspecified atom stereocenters. The summed E-state index contributed by atoms with van der Waals surface area (Å²) in [5.74, 6) is -1.46. The van der Waals surface area contributed by atoms with Crippen LogP contribution in [0.25, 0.3) is 0 Å². The number of amides is 2. The molecule has 110 valence electrons. The van der Waals surface area contributed by atoms with Crippen LogP contribution >= 0.6 is 11.6 Å². The number of nitrogens with one attached hydrogen (secondary N) is 3. The minimum absolute atomic E-state index is 0.0301. The summed E-state index contributed by atoms with van der Waals surface area (Å²) >= 11 is 5.75. The van der Waals surface area contributed by atoms with Crippen molar-refractivity contribution in [1.29, 1.82) is 0 Å². The van der Waals surface area contributed by atoms with Crippen LogP contribution in [0.2, 0.25) is 5.02 Å². The van der Waals surface area contributed by atoms with Gasteiger partial charge < -0.3 is 5.32 Å². The predicted molar refractivity (Wildman–Crippen MR) is 73.5 cm³/mol. The maximum atomic E-state index is 13.5. The van der Waals surface area contributed by atoms with Crippen molar-refractivity contribution in [2.75, 3.05) is 11.9 Å². The first-order valence-corrected chi connectivity index (χ1v) is 6.26. The highest BCUT2D eigenvalue weighted by Crippen LogP contribution is 2.18. The van der Waals surface area contributed by atoms with E-state index in [2.05, 4.69) is 25.8 Å². The average molecular weight is 312 g/mol. The summed E-state index contributed by atoms with van der Waals surface area (Å²) < 4.78 is 13.5. The van der Waals surface area contributed by atoms with E-state index in [0.29, 0.717) is 5.82 Å². The minimum Gasteiger partial charge on any atom is -0.343 e. The summed E-state index contributed by atoms with van der Waals surface area (Å²) in [7, 11) is 0. The van der Waals surface area contributed by atoms with E-state index in [9.17, 15) is 14.0 Å². The molecule has 2 rings (SSSR count). The standard InChI is InChI=1S/C12H11ClFN5O2/c1-6-16-12(19-18-6)17-9(20)5-15-11(21)10-7(13)3-2-4-8(10)14/h2-4H,5H2,1H3,(H,15,21)(H2,16,17,18,19,20). The number of aromatic amines is 1. The van der Waals surface area contributed by atoms with Gasteiger partial charge in [-0.2, -0.15) is 4.98 Å². The number of hydrogen-bond donors (Lipinski definition) is 3. The zero-order valence-electron chi connectivity index (χ0n) is 10.9. The van der Waals surface area contributed by atoms with Crippen molar-refractivity contribution >= 4 is 29.4 Å². The molecular formula is C12H11ClFN5O2. The SMILES string of the molecule is Cc1nc(NC(=O)CNC(=O)c2c(F)cccc2Cl)n[nH]1. The van der Waals surface area contributed by atoms with Crippen LogP contribution in [0, 0.1) is 12.7 Å². The van der Waals surface area contributed by atoms with Gasteiger partial charge in [0.15, 0.2) is 0 Å². The molecule has 21 heavy (non-hydrogen) atoms. The van der Waals surface area contributed by atoms with Crippen LogP contribution in [0.3, 0.4) is 0 Å². The second kappa shape index (κ2) is 6.31. The molecule has 0 spiro atoms. The van der Waals surface area contributed by atoms with Crippen molar-refractivity contribution in [2.24, 2.45) is 0 Å². The molecule has 0 aliphatic heterocycles. The molecule has 0 saturated carbocycles. The summed E-state index contributed by atoms with van der Waals surface area (Å²) in [5.41, 5.74) is -0.305. The normalized spacial score (nSPS) is 10.2. The quantitative estimate of drug-likeness (QED) is 0.791. The highest BCUT2D eigenvalue weighted by molar-refractivity contribution is 6.33. The van der Waals surface area contributed by atoms with E-state index in [1.807, 2.05) is 0 Å². The molecule has 1 aromatic heterocycles. The molecule has 0 atom stereocenters. The van der Waals surface area contributed by atoms with Gasteiger partial charge >= 0.3 is 0 Å². The molecule has 2 aromatic rings. The van der Waals surface area contributed by atoms with Gasteiger partial charge in [-0.1, -0.05) is 17.7 Å². The van der Waals surface area contributed by atoms with Gasteiger partial charge in [0.1, 0.15) is 11.6 Å². The maximum Gasteiger partial charge on any atom is 0.256 e. The van der Waals surface area contributed by atoms with Crippen molar-refractivity contribution < 1.29 is 14.0 Å². The Hall–Kier alpha value is -2.48. The highest BCUT2D eigenvalue weighted by Gasteiger charge is 2.16. The number of nitrogens with zero attached hydrogens (tertiary/aromatic N) is 2. The lowest BCUT2D eigenvalue weighted by atomic mass is 10.2. The van der Waals surface area contributed by atoms with E-state index in [4.69, 9.17) is 11.6 Å². The fourth-order valence-electron chi connectivity index (χ4n) is 1.53. The number of carbonyl (C=O) groups is 2. The highest BCUT2D eigenvalue weighted by atomic mass is 35.5. The third kappa shape index (κ3) is 3.76. The molecule has 0 saturated heterocycles. The molecular weight excluding hydrogens is 301 g/mol. The largest absolute Gasteiger partial charge is 0.343 e. The molecule has 0 radical (unpaired) electrons. The molecule has 9 heteroatoms. The van der Waals surface area contributed by atoms with E-state index in [1.54, 1.807) is 6.92 Å². The molecule has 0 aliphatic rings. The number of rotatable bonds is 4. The van der Waals surface area contributed by atoms with Gasteiger partial charge in [-0.3, -0.25) is 20.0 Å². The van der Waals surface area contributed by atoms with Crippen LogP contribution in [0.15, 0.2) is 18.2 Å². The maximum absolute atomic E-state index is 13.5. The molecule has 0 fully saturated rings. The molecule has 2 amide bonds. The van der Waals surface area contributed by atoms with Crippen LogP contribution in [-0.4, -0.2) is 33.5 Å². The molecule has 3 N–H and O–H groups in total. The van der Waals surface area contributed by atoms with Gasteiger partial charge in [0.05, 0.1) is 17.1 Å². The summed E-state index contributed by atoms with van der Waals surface area (Å²) in [6, 6.07) is 3.88. The Balaban J connectivity index is 1.93. The van der Waals surface area contributed by atoms with Gasteiger partial charge in [0, 0.05) is 0 Å². The second-order valence-corrected chi connectivity index (χ2v) is 4.48. The van der Waals surface area contributed by atoms with Crippen molar-refractivity contribution in [3.8, 4) is 0 Å². The van der Waals surface area contributed by atoms with Gasteiger partial charge in [-0.25, -0.2) is 4.39 Å². The number of aromatic nitrogens is 3. The van der Waals surface area contributed by atoms with E-state index < -0.39 is 17.6 Å². The minimum atomic E-state index is -0.778. The number of benzene rings is 1. The van der Waals surface area contributed by atoms with Crippen LogP contribution in [0.1, 0.15) is 16.2 Å². The fraction of sp³-hybridized carbons (Fsp3) is 0.167. The van der Waals surface area contributed by atoms with Crippen LogP contribution in [0.5, 0.6) is 0 Å². The van der Waals surface area contributed by atoms with Crippen LogP contribution in [0.4, 0.5) is 10.3 Å². The lowest BCUT2D eigenvalue weighted by molar-refractivity contribution is -0.115. The molecule has 0 aliphatic carbocycles. The van der Waals surface area contributed by atoms with E-state index in [-0.39, 0.29) is 23.1 Å². The first-order chi connectivity index (χ1) is 9.97. The zero-order chi connectivity index (χ0) is 15.4. The summed E-state index contributed by atoms with van der Waals surface area (Å²) in [6.45, 7) is 1.31. The van der Waals surface area contributed by atoms with Crippen molar-refractivity contribution in [2.45, 2.75) is 6.92 Å². The van der Waals surface area contributed by atoms with Crippen LogP contribution in [-0.2, 0) is 4.79 Å². The Morgan fingerprint density at radius 3 is 2.81 bits per heavy atom. The third-order valence-electron chi connectivity index (χ3n) is 2.45. The summed E-state index contributed by atoms with van der Waals surface area (Å²) in [5, 5.41) is 10.9. The first-order valence-electron chi connectivity index (χ1n) is 5.88. The smallest absolute Gasteiger partial charge is 0.256 e. The Morgan fingerprint density at radius 2 is 2.19 bits per heavy atom.